The normalized spacial score (nSPS) is 18.2. The molecular formula is C21H31N5S. The molecule has 1 aliphatic heterocycles. The Bertz CT molecular complexity index is 725. The SMILES string of the molecule is CN=C(NCc1nc(C(C)C)cs1)NCC1CCCN1Cc1ccccc1. The van der Waals surface area contributed by atoms with E-state index in [-0.39, 0.29) is 0 Å². The summed E-state index contributed by atoms with van der Waals surface area (Å²) in [6, 6.07) is 11.3. The Morgan fingerprint density at radius 2 is 2.11 bits per heavy atom. The van der Waals surface area contributed by atoms with E-state index in [0.29, 0.717) is 12.0 Å². The van der Waals surface area contributed by atoms with Gasteiger partial charge in [-0.15, -0.1) is 11.3 Å². The highest BCUT2D eigenvalue weighted by Gasteiger charge is 2.24. The van der Waals surface area contributed by atoms with Gasteiger partial charge in [0.05, 0.1) is 12.2 Å². The van der Waals surface area contributed by atoms with Crippen molar-refractivity contribution in [3.05, 3.63) is 52.0 Å². The summed E-state index contributed by atoms with van der Waals surface area (Å²) in [6.07, 6.45) is 2.50. The first-order valence-electron chi connectivity index (χ1n) is 9.82. The number of benzene rings is 1. The van der Waals surface area contributed by atoms with Crippen LogP contribution in [0, 0.1) is 0 Å². The molecule has 1 atom stereocenters. The molecule has 1 aromatic carbocycles. The van der Waals surface area contributed by atoms with Crippen LogP contribution in [0.4, 0.5) is 0 Å². The van der Waals surface area contributed by atoms with Crippen LogP contribution < -0.4 is 10.6 Å². The maximum atomic E-state index is 4.68. The van der Waals surface area contributed by atoms with Gasteiger partial charge in [0.25, 0.3) is 0 Å². The number of aromatic nitrogens is 1. The quantitative estimate of drug-likeness (QED) is 0.565. The zero-order valence-electron chi connectivity index (χ0n) is 16.6. The summed E-state index contributed by atoms with van der Waals surface area (Å²) in [5.74, 6) is 1.33. The Balaban J connectivity index is 1.46. The van der Waals surface area contributed by atoms with Crippen molar-refractivity contribution in [2.75, 3.05) is 20.1 Å². The van der Waals surface area contributed by atoms with Crippen molar-refractivity contribution in [1.29, 1.82) is 0 Å². The number of likely N-dealkylation sites (tertiary alicyclic amines) is 1. The van der Waals surface area contributed by atoms with Gasteiger partial charge in [0.2, 0.25) is 0 Å². The van der Waals surface area contributed by atoms with Crippen LogP contribution in [0.3, 0.4) is 0 Å². The van der Waals surface area contributed by atoms with E-state index in [1.54, 1.807) is 11.3 Å². The molecule has 0 aliphatic carbocycles. The first kappa shape index (κ1) is 19.8. The van der Waals surface area contributed by atoms with E-state index >= 15 is 0 Å². The second-order valence-electron chi connectivity index (χ2n) is 7.38. The zero-order chi connectivity index (χ0) is 19.1. The minimum atomic E-state index is 0.477. The number of hydrogen-bond acceptors (Lipinski definition) is 4. The summed E-state index contributed by atoms with van der Waals surface area (Å²) in [7, 11) is 1.83. The third kappa shape index (κ3) is 5.78. The van der Waals surface area contributed by atoms with Crippen LogP contribution in [0.5, 0.6) is 0 Å². The highest BCUT2D eigenvalue weighted by atomic mass is 32.1. The van der Waals surface area contributed by atoms with Crippen molar-refractivity contribution in [2.24, 2.45) is 4.99 Å². The minimum Gasteiger partial charge on any atom is -0.355 e. The molecular weight excluding hydrogens is 354 g/mol. The molecule has 1 aromatic heterocycles. The molecule has 0 spiro atoms. The Labute approximate surface area is 166 Å². The monoisotopic (exact) mass is 385 g/mol. The summed E-state index contributed by atoms with van der Waals surface area (Å²) in [4.78, 5) is 11.6. The third-order valence-electron chi connectivity index (χ3n) is 5.02. The van der Waals surface area contributed by atoms with Crippen molar-refractivity contribution in [3.63, 3.8) is 0 Å². The number of hydrogen-bond donors (Lipinski definition) is 2. The first-order chi connectivity index (χ1) is 13.2. The largest absolute Gasteiger partial charge is 0.355 e. The highest BCUT2D eigenvalue weighted by Crippen LogP contribution is 2.20. The molecule has 2 heterocycles. The van der Waals surface area contributed by atoms with Crippen LogP contribution in [0.15, 0.2) is 40.7 Å². The molecule has 27 heavy (non-hydrogen) atoms. The van der Waals surface area contributed by atoms with Crippen LogP contribution in [-0.2, 0) is 13.1 Å². The summed E-state index contributed by atoms with van der Waals surface area (Å²) >= 11 is 1.71. The number of aliphatic imine (C=N–C) groups is 1. The Morgan fingerprint density at radius 3 is 2.81 bits per heavy atom. The van der Waals surface area contributed by atoms with E-state index in [1.807, 2.05) is 7.05 Å². The van der Waals surface area contributed by atoms with E-state index < -0.39 is 0 Å². The number of rotatable bonds is 7. The molecule has 0 radical (unpaired) electrons. The van der Waals surface area contributed by atoms with E-state index in [0.717, 1.165) is 30.6 Å². The molecule has 3 rings (SSSR count). The molecule has 0 bridgehead atoms. The molecule has 2 aromatic rings. The summed E-state index contributed by atoms with van der Waals surface area (Å²) < 4.78 is 0. The van der Waals surface area contributed by atoms with Crippen LogP contribution in [0.2, 0.25) is 0 Å². The van der Waals surface area contributed by atoms with Gasteiger partial charge in [-0.2, -0.15) is 0 Å². The van der Waals surface area contributed by atoms with Crippen LogP contribution >= 0.6 is 11.3 Å². The first-order valence-corrected chi connectivity index (χ1v) is 10.7. The van der Waals surface area contributed by atoms with Gasteiger partial charge in [-0.1, -0.05) is 44.2 Å². The smallest absolute Gasteiger partial charge is 0.191 e. The van der Waals surface area contributed by atoms with Crippen molar-refractivity contribution in [3.8, 4) is 0 Å². The minimum absolute atomic E-state index is 0.477. The maximum Gasteiger partial charge on any atom is 0.191 e. The van der Waals surface area contributed by atoms with Gasteiger partial charge >= 0.3 is 0 Å². The van der Waals surface area contributed by atoms with E-state index in [2.05, 4.69) is 75.1 Å². The van der Waals surface area contributed by atoms with Crippen molar-refractivity contribution < 1.29 is 0 Å². The van der Waals surface area contributed by atoms with Gasteiger partial charge in [-0.25, -0.2) is 4.98 Å². The molecule has 1 aliphatic rings. The second kappa shape index (κ2) is 9.85. The van der Waals surface area contributed by atoms with Gasteiger partial charge < -0.3 is 10.6 Å². The molecule has 2 N–H and O–H groups in total. The van der Waals surface area contributed by atoms with Crippen molar-refractivity contribution in [1.82, 2.24) is 20.5 Å². The average molecular weight is 386 g/mol. The van der Waals surface area contributed by atoms with Crippen molar-refractivity contribution in [2.45, 2.75) is 51.7 Å². The van der Waals surface area contributed by atoms with E-state index in [1.165, 1.54) is 30.6 Å². The fraction of sp³-hybridized carbons (Fsp3) is 0.524. The second-order valence-corrected chi connectivity index (χ2v) is 8.32. The zero-order valence-corrected chi connectivity index (χ0v) is 17.4. The van der Waals surface area contributed by atoms with Gasteiger partial charge in [0.15, 0.2) is 5.96 Å². The predicted octanol–water partition coefficient (Wildman–Crippen LogP) is 3.60. The number of guanidine groups is 1. The van der Waals surface area contributed by atoms with Gasteiger partial charge in [0, 0.05) is 31.6 Å². The van der Waals surface area contributed by atoms with Crippen LogP contribution in [0.25, 0.3) is 0 Å². The molecule has 1 fully saturated rings. The third-order valence-corrected chi connectivity index (χ3v) is 5.89. The lowest BCUT2D eigenvalue weighted by Crippen LogP contribution is -2.44. The topological polar surface area (TPSA) is 52.6 Å². The standard InChI is InChI=1S/C21H31N5S/c1-16(2)19-15-27-20(25-19)13-24-21(22-3)23-12-18-10-7-11-26(18)14-17-8-5-4-6-9-17/h4-6,8-9,15-16,18H,7,10-14H2,1-3H3,(H2,22,23,24). The molecule has 1 unspecified atom stereocenters. The molecule has 0 amide bonds. The van der Waals surface area contributed by atoms with Crippen LogP contribution in [-0.4, -0.2) is 42.0 Å². The molecule has 5 nitrogen and oxygen atoms in total. The van der Waals surface area contributed by atoms with E-state index in [4.69, 9.17) is 0 Å². The van der Waals surface area contributed by atoms with E-state index in [9.17, 15) is 0 Å². The van der Waals surface area contributed by atoms with Crippen LogP contribution in [0.1, 0.15) is 48.9 Å². The lowest BCUT2D eigenvalue weighted by molar-refractivity contribution is 0.245. The fourth-order valence-corrected chi connectivity index (χ4v) is 4.31. The summed E-state index contributed by atoms with van der Waals surface area (Å²) in [5, 5.41) is 10.2. The average Bonchev–Trinajstić information content (AvgIpc) is 3.32. The molecule has 0 saturated carbocycles. The Hall–Kier alpha value is -1.92. The maximum absolute atomic E-state index is 4.68. The predicted molar refractivity (Wildman–Crippen MR) is 114 cm³/mol. The number of nitrogens with zero attached hydrogens (tertiary/aromatic N) is 3. The lowest BCUT2D eigenvalue weighted by Gasteiger charge is -2.25. The van der Waals surface area contributed by atoms with Crippen molar-refractivity contribution >= 4 is 17.3 Å². The highest BCUT2D eigenvalue weighted by molar-refractivity contribution is 7.09. The Morgan fingerprint density at radius 1 is 1.30 bits per heavy atom. The van der Waals surface area contributed by atoms with Gasteiger partial charge in [-0.05, 0) is 30.9 Å². The number of nitrogens with one attached hydrogen (secondary N) is 2. The summed E-state index contributed by atoms with van der Waals surface area (Å²) in [5.41, 5.74) is 2.55. The number of thiazole rings is 1. The summed E-state index contributed by atoms with van der Waals surface area (Å²) in [6.45, 7) is 8.18. The van der Waals surface area contributed by atoms with Gasteiger partial charge in [-0.3, -0.25) is 9.89 Å². The molecule has 146 valence electrons. The molecule has 6 heteroatoms. The fourth-order valence-electron chi connectivity index (χ4n) is 3.42. The Kier molecular flexibility index (Phi) is 7.24. The van der Waals surface area contributed by atoms with Gasteiger partial charge in [0.1, 0.15) is 5.01 Å². The lowest BCUT2D eigenvalue weighted by atomic mass is 10.2. The molecule has 1 saturated heterocycles.